The van der Waals surface area contributed by atoms with Crippen molar-refractivity contribution in [2.45, 2.75) is 38.5 Å². The zero-order valence-electron chi connectivity index (χ0n) is 22.0. The van der Waals surface area contributed by atoms with Gasteiger partial charge in [0.1, 0.15) is 30.2 Å². The molecule has 0 amide bonds. The number of carboxylic acids is 1. The highest BCUT2D eigenvalue weighted by Crippen LogP contribution is 2.30. The predicted molar refractivity (Wildman–Crippen MR) is 150 cm³/mol. The van der Waals surface area contributed by atoms with Crippen LogP contribution in [-0.2, 0) is 19.7 Å². The molecule has 0 aliphatic carbocycles. The van der Waals surface area contributed by atoms with Gasteiger partial charge in [-0.05, 0) is 62.3 Å². The van der Waals surface area contributed by atoms with Crippen LogP contribution in [0.2, 0.25) is 5.02 Å². The van der Waals surface area contributed by atoms with Crippen molar-refractivity contribution >= 4 is 28.6 Å². The van der Waals surface area contributed by atoms with Gasteiger partial charge in [0.15, 0.2) is 0 Å². The van der Waals surface area contributed by atoms with E-state index < -0.39 is 11.8 Å². The lowest BCUT2D eigenvalue weighted by molar-refractivity contribution is 0.0697. The van der Waals surface area contributed by atoms with E-state index in [4.69, 9.17) is 30.8 Å². The fourth-order valence-electron chi connectivity index (χ4n) is 5.20. The number of pyridine rings is 1. The minimum absolute atomic E-state index is 0.0706. The summed E-state index contributed by atoms with van der Waals surface area (Å²) in [6.07, 6.45) is 3.34. The minimum Gasteiger partial charge on any atom is -0.478 e. The summed E-state index contributed by atoms with van der Waals surface area (Å²) in [6.45, 7) is 2.81. The lowest BCUT2D eigenvalue weighted by Crippen LogP contribution is -2.33. The van der Waals surface area contributed by atoms with Crippen LogP contribution in [0.4, 0.5) is 4.39 Å². The molecular formula is C30H27ClFN5O4. The topological polar surface area (TPSA) is 107 Å². The molecule has 41 heavy (non-hydrogen) atoms. The van der Waals surface area contributed by atoms with Gasteiger partial charge in [-0.25, -0.2) is 19.2 Å². The Kier molecular flexibility index (Phi) is 7.67. The molecule has 1 fully saturated rings. The molecule has 2 aromatic carbocycles. The number of aromatic carboxylic acids is 1. The summed E-state index contributed by atoms with van der Waals surface area (Å²) in [6, 6.07) is 17.0. The first-order chi connectivity index (χ1) is 19.9. The molecular weight excluding hydrogens is 549 g/mol. The van der Waals surface area contributed by atoms with E-state index >= 15 is 0 Å². The van der Waals surface area contributed by atoms with E-state index in [0.29, 0.717) is 29.6 Å². The van der Waals surface area contributed by atoms with Crippen molar-refractivity contribution in [1.82, 2.24) is 24.6 Å². The van der Waals surface area contributed by atoms with Crippen molar-refractivity contribution in [3.63, 3.8) is 0 Å². The van der Waals surface area contributed by atoms with Gasteiger partial charge >= 0.3 is 5.97 Å². The number of carboxylic acid groups (broad SMARTS) is 1. The summed E-state index contributed by atoms with van der Waals surface area (Å²) >= 11 is 5.84. The fraction of sp³-hybridized carbons (Fsp3) is 0.267. The van der Waals surface area contributed by atoms with Gasteiger partial charge in [-0.3, -0.25) is 4.90 Å². The molecule has 1 N–H and O–H groups in total. The second-order valence-corrected chi connectivity index (χ2v) is 10.5. The number of likely N-dealkylation sites (tertiary alicyclic amines) is 1. The minimum atomic E-state index is -0.982. The Morgan fingerprint density at radius 3 is 2.68 bits per heavy atom. The molecule has 1 aliphatic heterocycles. The average molecular weight is 576 g/mol. The number of imidazole rings is 1. The van der Waals surface area contributed by atoms with Crippen molar-refractivity contribution in [1.29, 1.82) is 0 Å². The first kappa shape index (κ1) is 26.9. The molecule has 11 heteroatoms. The van der Waals surface area contributed by atoms with Crippen molar-refractivity contribution in [3.05, 3.63) is 106 Å². The van der Waals surface area contributed by atoms with Crippen LogP contribution in [0.1, 0.15) is 51.9 Å². The highest BCUT2D eigenvalue weighted by molar-refractivity contribution is 6.30. The number of piperidine rings is 1. The largest absolute Gasteiger partial charge is 0.478 e. The quantitative estimate of drug-likeness (QED) is 0.231. The highest BCUT2D eigenvalue weighted by atomic mass is 35.5. The van der Waals surface area contributed by atoms with Crippen LogP contribution in [-0.4, -0.2) is 48.8 Å². The van der Waals surface area contributed by atoms with Crippen LogP contribution in [0, 0.1) is 5.82 Å². The molecule has 4 heterocycles. The number of halogens is 2. The summed E-state index contributed by atoms with van der Waals surface area (Å²) in [4.78, 5) is 23.5. The lowest BCUT2D eigenvalue weighted by Gasteiger charge is -2.31. The third kappa shape index (κ3) is 6.08. The molecule has 0 unspecified atom stereocenters. The number of benzene rings is 2. The molecule has 210 valence electrons. The molecule has 9 nitrogen and oxygen atoms in total. The number of carbonyl (C=O) groups is 1. The number of ether oxygens (including phenoxy) is 1. The van der Waals surface area contributed by atoms with Gasteiger partial charge in [0, 0.05) is 34.3 Å². The standard InChI is InChI=1S/C30H27ClFN5O4/c31-22-6-4-21(24(32)15-22)18-40-29-3-1-2-25(34-29)19-8-11-36(12-9-19)17-28-33-26-7-5-20(30(38)39)14-27(26)37(28)16-23-10-13-41-35-23/h1-7,10,13-15,19H,8-9,11-12,16-18H2,(H,38,39). The molecule has 0 spiro atoms. The molecule has 3 aromatic heterocycles. The van der Waals surface area contributed by atoms with Crippen LogP contribution in [0.25, 0.3) is 11.0 Å². The van der Waals surface area contributed by atoms with Crippen LogP contribution in [0.3, 0.4) is 0 Å². The normalized spacial score (nSPS) is 14.5. The summed E-state index contributed by atoms with van der Waals surface area (Å²) in [5, 5.41) is 13.9. The second kappa shape index (κ2) is 11.7. The van der Waals surface area contributed by atoms with Crippen molar-refractivity contribution in [2.24, 2.45) is 0 Å². The average Bonchev–Trinajstić information content (AvgIpc) is 3.61. The van der Waals surface area contributed by atoms with Gasteiger partial charge in [0.05, 0.1) is 29.7 Å². The van der Waals surface area contributed by atoms with E-state index in [1.807, 2.05) is 16.7 Å². The van der Waals surface area contributed by atoms with Crippen molar-refractivity contribution in [2.75, 3.05) is 13.1 Å². The predicted octanol–water partition coefficient (Wildman–Crippen LogP) is 5.92. The molecule has 0 bridgehead atoms. The highest BCUT2D eigenvalue weighted by Gasteiger charge is 2.24. The molecule has 0 saturated carbocycles. The van der Waals surface area contributed by atoms with Crippen LogP contribution in [0.5, 0.6) is 5.88 Å². The Labute approximate surface area is 240 Å². The Bertz CT molecular complexity index is 1680. The third-order valence-electron chi connectivity index (χ3n) is 7.39. The van der Waals surface area contributed by atoms with Gasteiger partial charge in [-0.1, -0.05) is 28.9 Å². The number of hydrogen-bond donors (Lipinski definition) is 1. The molecule has 6 rings (SSSR count). The molecule has 0 radical (unpaired) electrons. The number of aromatic nitrogens is 4. The van der Waals surface area contributed by atoms with Crippen molar-refractivity contribution in [3.8, 4) is 5.88 Å². The summed E-state index contributed by atoms with van der Waals surface area (Å²) in [5.74, 6) is 0.186. The van der Waals surface area contributed by atoms with E-state index in [9.17, 15) is 14.3 Å². The third-order valence-corrected chi connectivity index (χ3v) is 7.63. The molecule has 0 atom stereocenters. The van der Waals surface area contributed by atoms with Crippen LogP contribution >= 0.6 is 11.6 Å². The first-order valence-corrected chi connectivity index (χ1v) is 13.7. The van der Waals surface area contributed by atoms with Crippen LogP contribution < -0.4 is 4.74 Å². The molecule has 1 saturated heterocycles. The van der Waals surface area contributed by atoms with Gasteiger partial charge < -0.3 is 18.9 Å². The van der Waals surface area contributed by atoms with E-state index in [2.05, 4.69) is 10.1 Å². The Balaban J connectivity index is 1.13. The summed E-state index contributed by atoms with van der Waals surface area (Å²) in [7, 11) is 0. The Morgan fingerprint density at radius 1 is 1.07 bits per heavy atom. The SMILES string of the molecule is O=C(O)c1ccc2nc(CN3CCC(c4cccc(OCc5ccc(Cl)cc5F)n4)CC3)n(Cc3ccon3)c2c1. The smallest absolute Gasteiger partial charge is 0.335 e. The van der Waals surface area contributed by atoms with Crippen LogP contribution in [0.15, 0.2) is 71.4 Å². The van der Waals surface area contributed by atoms with Gasteiger partial charge in [-0.2, -0.15) is 0 Å². The van der Waals surface area contributed by atoms with E-state index in [0.717, 1.165) is 54.2 Å². The van der Waals surface area contributed by atoms with E-state index in [-0.39, 0.29) is 18.1 Å². The first-order valence-electron chi connectivity index (χ1n) is 13.3. The fourth-order valence-corrected chi connectivity index (χ4v) is 5.36. The maximum Gasteiger partial charge on any atom is 0.335 e. The number of hydrogen-bond acceptors (Lipinski definition) is 7. The van der Waals surface area contributed by atoms with E-state index in [1.165, 1.54) is 12.3 Å². The Morgan fingerprint density at radius 2 is 1.93 bits per heavy atom. The van der Waals surface area contributed by atoms with Gasteiger partial charge in [-0.15, -0.1) is 0 Å². The lowest BCUT2D eigenvalue weighted by atomic mass is 9.93. The maximum atomic E-state index is 14.1. The molecule has 1 aliphatic rings. The van der Waals surface area contributed by atoms with E-state index in [1.54, 1.807) is 42.5 Å². The second-order valence-electron chi connectivity index (χ2n) is 10.1. The monoisotopic (exact) mass is 575 g/mol. The number of rotatable bonds is 9. The van der Waals surface area contributed by atoms with Gasteiger partial charge in [0.2, 0.25) is 5.88 Å². The maximum absolute atomic E-state index is 14.1. The number of fused-ring (bicyclic) bond motifs is 1. The molecule has 5 aromatic rings. The van der Waals surface area contributed by atoms with Crippen molar-refractivity contribution < 1.29 is 23.6 Å². The zero-order valence-corrected chi connectivity index (χ0v) is 22.8. The summed E-state index contributed by atoms with van der Waals surface area (Å²) in [5.41, 5.74) is 3.81. The van der Waals surface area contributed by atoms with Gasteiger partial charge in [0.25, 0.3) is 0 Å². The Hall–Kier alpha value is -4.28. The zero-order chi connectivity index (χ0) is 28.3. The summed E-state index contributed by atoms with van der Waals surface area (Å²) < 4.78 is 26.9. The number of nitrogens with zero attached hydrogens (tertiary/aromatic N) is 5.